The van der Waals surface area contributed by atoms with Gasteiger partial charge in [0.1, 0.15) is 11.4 Å². The summed E-state index contributed by atoms with van der Waals surface area (Å²) in [5.41, 5.74) is 7.63. The second kappa shape index (κ2) is 6.48. The van der Waals surface area contributed by atoms with E-state index in [-0.39, 0.29) is 17.7 Å². The Labute approximate surface area is 159 Å². The minimum absolute atomic E-state index is 0.102. The Kier molecular flexibility index (Phi) is 4.58. The highest BCUT2D eigenvalue weighted by molar-refractivity contribution is 6.01. The molecule has 1 aliphatic rings. The molecule has 0 fully saturated rings. The normalized spacial score (nSPS) is 21.9. The van der Waals surface area contributed by atoms with E-state index in [0.717, 1.165) is 11.1 Å². The molecule has 3 rings (SSSR count). The van der Waals surface area contributed by atoms with Crippen molar-refractivity contribution in [3.63, 3.8) is 0 Å². The Bertz CT molecular complexity index is 918. The number of nitrogens with two attached hydrogens (primary N) is 1. The van der Waals surface area contributed by atoms with Gasteiger partial charge in [0.05, 0.1) is 5.41 Å². The molecule has 1 amide bonds. The van der Waals surface area contributed by atoms with E-state index in [1.165, 1.54) is 16.5 Å². The third-order valence-corrected chi connectivity index (χ3v) is 5.82. The van der Waals surface area contributed by atoms with Crippen molar-refractivity contribution in [3.8, 4) is 0 Å². The lowest BCUT2D eigenvalue weighted by Gasteiger charge is -2.46. The summed E-state index contributed by atoms with van der Waals surface area (Å²) < 4.78 is 14.9. The van der Waals surface area contributed by atoms with Crippen molar-refractivity contribution in [1.82, 2.24) is 4.90 Å². The van der Waals surface area contributed by atoms with Crippen molar-refractivity contribution >= 4 is 11.9 Å². The number of benzene rings is 2. The molecule has 0 saturated heterocycles. The molecule has 4 nitrogen and oxygen atoms in total. The van der Waals surface area contributed by atoms with E-state index in [1.54, 1.807) is 33.9 Å². The maximum absolute atomic E-state index is 14.9. The van der Waals surface area contributed by atoms with Crippen molar-refractivity contribution < 1.29 is 9.18 Å². The second-order valence-corrected chi connectivity index (χ2v) is 8.01. The monoisotopic (exact) mass is 367 g/mol. The first-order chi connectivity index (χ1) is 12.6. The number of carbonyl (C=O) groups excluding carboxylic acids is 1. The Hall–Kier alpha value is -2.69. The van der Waals surface area contributed by atoms with Crippen LogP contribution in [0, 0.1) is 18.2 Å². The third kappa shape index (κ3) is 3.11. The smallest absolute Gasteiger partial charge is 0.237 e. The van der Waals surface area contributed by atoms with E-state index in [1.807, 2.05) is 13.0 Å². The van der Waals surface area contributed by atoms with Crippen LogP contribution in [0.25, 0.3) is 0 Å². The Morgan fingerprint density at radius 1 is 1.07 bits per heavy atom. The van der Waals surface area contributed by atoms with Crippen molar-refractivity contribution in [2.45, 2.75) is 39.7 Å². The van der Waals surface area contributed by atoms with Gasteiger partial charge in [0.2, 0.25) is 5.91 Å². The van der Waals surface area contributed by atoms with Gasteiger partial charge >= 0.3 is 0 Å². The van der Waals surface area contributed by atoms with Gasteiger partial charge in [0.25, 0.3) is 0 Å². The van der Waals surface area contributed by atoms with E-state index < -0.39 is 11.0 Å². The fourth-order valence-corrected chi connectivity index (χ4v) is 3.57. The molecule has 142 valence electrons. The van der Waals surface area contributed by atoms with Crippen LogP contribution in [0.15, 0.2) is 47.5 Å². The van der Waals surface area contributed by atoms with Gasteiger partial charge in [-0.2, -0.15) is 0 Å². The van der Waals surface area contributed by atoms with Crippen molar-refractivity contribution in [2.24, 2.45) is 16.1 Å². The number of nitrogens with zero attached hydrogens (tertiary/aromatic N) is 2. The van der Waals surface area contributed by atoms with Crippen LogP contribution in [0.3, 0.4) is 0 Å². The molecular formula is C22H26FN3O. The molecule has 1 heterocycles. The molecule has 0 saturated carbocycles. The number of aryl methyl sites for hydroxylation is 1. The zero-order valence-corrected chi connectivity index (χ0v) is 16.5. The molecule has 1 atom stereocenters. The minimum Gasteiger partial charge on any atom is -0.369 e. The summed E-state index contributed by atoms with van der Waals surface area (Å²) in [6, 6.07) is 13.3. The summed E-state index contributed by atoms with van der Waals surface area (Å²) in [6.07, 6.45) is 0.678. The Morgan fingerprint density at radius 3 is 2.30 bits per heavy atom. The standard InChI is InChI=1S/C22H26FN3O/c1-14-6-8-15(9-7-14)12-16-10-11-18(23)17(13-16)22(4)21(2,3)19(27)26(5)20(24)25-22/h6-11,13H,12H2,1-5H3,(H2,24,25)/t22-/m1/s1. The van der Waals surface area contributed by atoms with Crippen LogP contribution in [0.5, 0.6) is 0 Å². The first-order valence-corrected chi connectivity index (χ1v) is 9.04. The quantitative estimate of drug-likeness (QED) is 0.898. The van der Waals surface area contributed by atoms with Gasteiger partial charge in [-0.15, -0.1) is 0 Å². The van der Waals surface area contributed by atoms with Gasteiger partial charge in [-0.05, 0) is 51.3 Å². The number of aliphatic imine (C=N–C) groups is 1. The molecule has 0 spiro atoms. The topological polar surface area (TPSA) is 58.7 Å². The molecule has 0 bridgehead atoms. The predicted octanol–water partition coefficient (Wildman–Crippen LogP) is 3.75. The summed E-state index contributed by atoms with van der Waals surface area (Å²) in [5, 5.41) is 0. The lowest BCUT2D eigenvalue weighted by molar-refractivity contribution is -0.140. The van der Waals surface area contributed by atoms with Gasteiger partial charge in [0, 0.05) is 12.6 Å². The summed E-state index contributed by atoms with van der Waals surface area (Å²) in [5.74, 6) is -0.460. The molecule has 2 aromatic carbocycles. The van der Waals surface area contributed by atoms with Gasteiger partial charge < -0.3 is 5.73 Å². The van der Waals surface area contributed by atoms with Crippen LogP contribution < -0.4 is 5.73 Å². The first-order valence-electron chi connectivity index (χ1n) is 9.04. The average molecular weight is 367 g/mol. The molecule has 0 radical (unpaired) electrons. The van der Waals surface area contributed by atoms with E-state index in [4.69, 9.17) is 5.73 Å². The van der Waals surface area contributed by atoms with Crippen LogP contribution >= 0.6 is 0 Å². The highest BCUT2D eigenvalue weighted by Gasteiger charge is 2.53. The minimum atomic E-state index is -1.09. The molecule has 0 aliphatic carbocycles. The maximum atomic E-state index is 14.9. The highest BCUT2D eigenvalue weighted by Crippen LogP contribution is 2.47. The Morgan fingerprint density at radius 2 is 1.67 bits per heavy atom. The molecule has 27 heavy (non-hydrogen) atoms. The molecule has 2 N–H and O–H groups in total. The number of rotatable bonds is 3. The number of hydrogen-bond donors (Lipinski definition) is 1. The largest absolute Gasteiger partial charge is 0.369 e. The van der Waals surface area contributed by atoms with Gasteiger partial charge in [-0.1, -0.05) is 42.0 Å². The van der Waals surface area contributed by atoms with E-state index >= 15 is 0 Å². The SMILES string of the molecule is Cc1ccc(Cc2ccc(F)c([C@@]3(C)N=C(N)N(C)C(=O)C3(C)C)c2)cc1. The fourth-order valence-electron chi connectivity index (χ4n) is 3.57. The average Bonchev–Trinajstić information content (AvgIpc) is 2.62. The van der Waals surface area contributed by atoms with Crippen LogP contribution in [0.1, 0.15) is 43.0 Å². The maximum Gasteiger partial charge on any atom is 0.237 e. The second-order valence-electron chi connectivity index (χ2n) is 8.01. The first kappa shape index (κ1) is 19.1. The van der Waals surface area contributed by atoms with Crippen LogP contribution in [-0.2, 0) is 16.8 Å². The van der Waals surface area contributed by atoms with Gasteiger partial charge in [0.15, 0.2) is 5.96 Å². The fraction of sp³-hybridized carbons (Fsp3) is 0.364. The van der Waals surface area contributed by atoms with Crippen LogP contribution in [0.4, 0.5) is 4.39 Å². The van der Waals surface area contributed by atoms with E-state index in [2.05, 4.69) is 29.3 Å². The van der Waals surface area contributed by atoms with E-state index in [9.17, 15) is 9.18 Å². The Balaban J connectivity index is 2.08. The zero-order chi connectivity index (χ0) is 20.0. The number of guanidine groups is 1. The molecule has 5 heteroatoms. The van der Waals surface area contributed by atoms with Crippen molar-refractivity contribution in [2.75, 3.05) is 7.05 Å². The molecule has 0 unspecified atom stereocenters. The lowest BCUT2D eigenvalue weighted by atomic mass is 9.67. The van der Waals surface area contributed by atoms with Gasteiger partial charge in [-0.25, -0.2) is 9.38 Å². The van der Waals surface area contributed by atoms with Crippen LogP contribution in [0.2, 0.25) is 0 Å². The highest BCUT2D eigenvalue weighted by atomic mass is 19.1. The zero-order valence-electron chi connectivity index (χ0n) is 16.5. The molecule has 2 aromatic rings. The summed E-state index contributed by atoms with van der Waals surface area (Å²) in [4.78, 5) is 18.7. The number of halogens is 1. The number of amides is 1. The number of carbonyl (C=O) groups is 1. The third-order valence-electron chi connectivity index (χ3n) is 5.82. The molecule has 0 aromatic heterocycles. The summed E-state index contributed by atoms with van der Waals surface area (Å²) in [6.45, 7) is 7.39. The molecular weight excluding hydrogens is 341 g/mol. The van der Waals surface area contributed by atoms with E-state index in [0.29, 0.717) is 12.0 Å². The van der Waals surface area contributed by atoms with Crippen molar-refractivity contribution in [1.29, 1.82) is 0 Å². The molecule has 1 aliphatic heterocycles. The van der Waals surface area contributed by atoms with Crippen molar-refractivity contribution in [3.05, 3.63) is 70.5 Å². The van der Waals surface area contributed by atoms with Gasteiger partial charge in [-0.3, -0.25) is 9.69 Å². The van der Waals surface area contributed by atoms with Crippen LogP contribution in [-0.4, -0.2) is 23.8 Å². The predicted molar refractivity (Wildman–Crippen MR) is 106 cm³/mol. The lowest BCUT2D eigenvalue weighted by Crippen LogP contribution is -2.58. The summed E-state index contributed by atoms with van der Waals surface area (Å²) >= 11 is 0. The summed E-state index contributed by atoms with van der Waals surface area (Å²) in [7, 11) is 1.59. The number of hydrogen-bond acceptors (Lipinski definition) is 3.